The SMILES string of the molecule is O=C1Nc2cc(Cl)ccc2N(C(=O)CCCCCNC2CCCCCC2)c2ccccc21. The minimum absolute atomic E-state index is 0.00532. The van der Waals surface area contributed by atoms with E-state index in [0.29, 0.717) is 40.1 Å². The van der Waals surface area contributed by atoms with Gasteiger partial charge in [-0.3, -0.25) is 14.5 Å². The molecule has 2 N–H and O–H groups in total. The molecule has 6 heteroatoms. The first kappa shape index (κ1) is 22.8. The molecule has 0 saturated heterocycles. The third-order valence-corrected chi connectivity index (χ3v) is 6.68. The Morgan fingerprint density at radius 2 is 1.78 bits per heavy atom. The van der Waals surface area contributed by atoms with Crippen molar-refractivity contribution in [3.63, 3.8) is 0 Å². The molecule has 0 aromatic heterocycles. The molecule has 170 valence electrons. The minimum Gasteiger partial charge on any atom is -0.320 e. The van der Waals surface area contributed by atoms with Gasteiger partial charge in [-0.1, -0.05) is 55.8 Å². The molecular weight excluding hydrogens is 422 g/mol. The highest BCUT2D eigenvalue weighted by atomic mass is 35.5. The summed E-state index contributed by atoms with van der Waals surface area (Å²) in [5.41, 5.74) is 2.32. The van der Waals surface area contributed by atoms with Crippen LogP contribution in [-0.2, 0) is 4.79 Å². The number of carbonyl (C=O) groups excluding carboxylic acids is 2. The summed E-state index contributed by atoms with van der Waals surface area (Å²) >= 11 is 6.15. The van der Waals surface area contributed by atoms with Crippen LogP contribution in [0.3, 0.4) is 0 Å². The average Bonchev–Trinajstić information content (AvgIpc) is 3.12. The molecule has 2 amide bonds. The molecule has 2 aromatic rings. The number of hydrogen-bond donors (Lipinski definition) is 2. The van der Waals surface area contributed by atoms with Gasteiger partial charge in [-0.2, -0.15) is 0 Å². The first-order chi connectivity index (χ1) is 15.6. The Morgan fingerprint density at radius 1 is 1.00 bits per heavy atom. The maximum Gasteiger partial charge on any atom is 0.257 e. The van der Waals surface area contributed by atoms with Crippen LogP contribution in [0.1, 0.15) is 74.6 Å². The van der Waals surface area contributed by atoms with Crippen LogP contribution in [-0.4, -0.2) is 24.4 Å². The number of amides is 2. The van der Waals surface area contributed by atoms with Crippen molar-refractivity contribution in [3.8, 4) is 0 Å². The fourth-order valence-corrected chi connectivity index (χ4v) is 4.90. The lowest BCUT2D eigenvalue weighted by molar-refractivity contribution is -0.118. The number of fused-ring (bicyclic) bond motifs is 2. The van der Waals surface area contributed by atoms with Gasteiger partial charge >= 0.3 is 0 Å². The molecule has 1 saturated carbocycles. The highest BCUT2D eigenvalue weighted by Crippen LogP contribution is 2.39. The molecule has 0 bridgehead atoms. The number of carbonyl (C=O) groups is 2. The highest BCUT2D eigenvalue weighted by Gasteiger charge is 2.29. The van der Waals surface area contributed by atoms with Crippen LogP contribution in [0.5, 0.6) is 0 Å². The summed E-state index contributed by atoms with van der Waals surface area (Å²) < 4.78 is 0. The van der Waals surface area contributed by atoms with Crippen molar-refractivity contribution in [2.24, 2.45) is 0 Å². The molecule has 0 unspecified atom stereocenters. The number of benzene rings is 2. The first-order valence-corrected chi connectivity index (χ1v) is 12.3. The summed E-state index contributed by atoms with van der Waals surface area (Å²) in [4.78, 5) is 27.7. The predicted octanol–water partition coefficient (Wildman–Crippen LogP) is 6.44. The van der Waals surface area contributed by atoms with Crippen LogP contribution in [0.15, 0.2) is 42.5 Å². The standard InChI is InChI=1S/C26H32ClN3O2/c27-19-15-16-24-22(18-19)29-26(32)21-12-7-8-13-23(21)30(24)25(31)14-6-3-9-17-28-20-10-4-1-2-5-11-20/h7-8,12-13,15-16,18,20,28H,1-6,9-11,14,17H2,(H,29,32). The number of anilines is 3. The molecule has 1 heterocycles. The lowest BCUT2D eigenvalue weighted by Crippen LogP contribution is -2.29. The summed E-state index contributed by atoms with van der Waals surface area (Å²) in [7, 11) is 0. The number of nitrogens with one attached hydrogen (secondary N) is 2. The fraction of sp³-hybridized carbons (Fsp3) is 0.462. The lowest BCUT2D eigenvalue weighted by Gasteiger charge is -2.24. The number of rotatable bonds is 7. The normalized spacial score (nSPS) is 16.5. The van der Waals surface area contributed by atoms with Gasteiger partial charge in [-0.15, -0.1) is 0 Å². The summed E-state index contributed by atoms with van der Waals surface area (Å²) in [6.45, 7) is 1.02. The van der Waals surface area contributed by atoms with Crippen molar-refractivity contribution in [2.45, 2.75) is 70.3 Å². The Labute approximate surface area is 195 Å². The number of unbranched alkanes of at least 4 members (excludes halogenated alkanes) is 2. The summed E-state index contributed by atoms with van der Waals surface area (Å²) in [5, 5.41) is 7.12. The zero-order chi connectivity index (χ0) is 22.3. The second kappa shape index (κ2) is 11.0. The van der Waals surface area contributed by atoms with E-state index in [1.807, 2.05) is 18.2 Å². The van der Waals surface area contributed by atoms with E-state index in [4.69, 9.17) is 11.6 Å². The highest BCUT2D eigenvalue weighted by molar-refractivity contribution is 6.31. The Hall–Kier alpha value is -2.37. The monoisotopic (exact) mass is 453 g/mol. The quantitative estimate of drug-likeness (QED) is 0.374. The van der Waals surface area contributed by atoms with Crippen molar-refractivity contribution < 1.29 is 9.59 Å². The smallest absolute Gasteiger partial charge is 0.257 e. The Balaban J connectivity index is 1.37. The molecule has 5 nitrogen and oxygen atoms in total. The van der Waals surface area contributed by atoms with Gasteiger partial charge in [0.05, 0.1) is 22.6 Å². The summed E-state index contributed by atoms with van der Waals surface area (Å²) in [6.07, 6.45) is 11.4. The van der Waals surface area contributed by atoms with Crippen molar-refractivity contribution in [1.82, 2.24) is 5.32 Å². The van der Waals surface area contributed by atoms with Crippen molar-refractivity contribution in [3.05, 3.63) is 53.1 Å². The summed E-state index contributed by atoms with van der Waals surface area (Å²) in [6, 6.07) is 13.2. The van der Waals surface area contributed by atoms with Gasteiger partial charge in [0, 0.05) is 17.5 Å². The van der Waals surface area contributed by atoms with E-state index in [1.54, 1.807) is 29.2 Å². The molecular formula is C26H32ClN3O2. The molecule has 1 aliphatic heterocycles. The van der Waals surface area contributed by atoms with Crippen LogP contribution < -0.4 is 15.5 Å². The van der Waals surface area contributed by atoms with E-state index in [9.17, 15) is 9.59 Å². The zero-order valence-electron chi connectivity index (χ0n) is 18.5. The van der Waals surface area contributed by atoms with Crippen LogP contribution in [0.25, 0.3) is 0 Å². The molecule has 0 spiro atoms. The van der Waals surface area contributed by atoms with Crippen LogP contribution in [0.2, 0.25) is 5.02 Å². The molecule has 4 rings (SSSR count). The third-order valence-electron chi connectivity index (χ3n) is 6.44. The zero-order valence-corrected chi connectivity index (χ0v) is 19.3. The number of para-hydroxylation sites is 1. The van der Waals surface area contributed by atoms with Crippen LogP contribution in [0, 0.1) is 0 Å². The lowest BCUT2D eigenvalue weighted by atomic mass is 10.1. The predicted molar refractivity (Wildman–Crippen MR) is 131 cm³/mol. The van der Waals surface area contributed by atoms with Crippen molar-refractivity contribution in [2.75, 3.05) is 16.8 Å². The van der Waals surface area contributed by atoms with Gasteiger partial charge in [0.1, 0.15) is 0 Å². The van der Waals surface area contributed by atoms with Crippen LogP contribution >= 0.6 is 11.6 Å². The van der Waals surface area contributed by atoms with Gasteiger partial charge in [-0.05, 0) is 62.6 Å². The largest absolute Gasteiger partial charge is 0.320 e. The van der Waals surface area contributed by atoms with Crippen molar-refractivity contribution >= 4 is 40.5 Å². The Morgan fingerprint density at radius 3 is 2.59 bits per heavy atom. The molecule has 0 atom stereocenters. The number of hydrogen-bond acceptors (Lipinski definition) is 3. The van der Waals surface area contributed by atoms with E-state index in [0.717, 1.165) is 25.8 Å². The van der Waals surface area contributed by atoms with E-state index in [-0.39, 0.29) is 11.8 Å². The Kier molecular flexibility index (Phi) is 7.82. The van der Waals surface area contributed by atoms with E-state index < -0.39 is 0 Å². The summed E-state index contributed by atoms with van der Waals surface area (Å²) in [5.74, 6) is -0.238. The Bertz CT molecular complexity index is 954. The topological polar surface area (TPSA) is 61.4 Å². The molecule has 0 radical (unpaired) electrons. The first-order valence-electron chi connectivity index (χ1n) is 11.9. The maximum absolute atomic E-state index is 13.3. The second-order valence-corrected chi connectivity index (χ2v) is 9.25. The second-order valence-electron chi connectivity index (χ2n) is 8.82. The van der Waals surface area contributed by atoms with Gasteiger partial charge in [0.25, 0.3) is 5.91 Å². The van der Waals surface area contributed by atoms with Crippen molar-refractivity contribution in [1.29, 1.82) is 0 Å². The fourth-order valence-electron chi connectivity index (χ4n) is 4.73. The molecule has 2 aliphatic rings. The van der Waals surface area contributed by atoms with Gasteiger partial charge < -0.3 is 10.6 Å². The van der Waals surface area contributed by atoms with Gasteiger partial charge in [0.15, 0.2) is 0 Å². The minimum atomic E-state index is -0.232. The molecule has 1 aliphatic carbocycles. The van der Waals surface area contributed by atoms with E-state index in [1.165, 1.54) is 38.5 Å². The third kappa shape index (κ3) is 5.51. The van der Waals surface area contributed by atoms with Gasteiger partial charge in [-0.25, -0.2) is 0 Å². The van der Waals surface area contributed by atoms with E-state index >= 15 is 0 Å². The molecule has 32 heavy (non-hydrogen) atoms. The average molecular weight is 454 g/mol. The van der Waals surface area contributed by atoms with Crippen LogP contribution in [0.4, 0.5) is 17.1 Å². The maximum atomic E-state index is 13.3. The van der Waals surface area contributed by atoms with E-state index in [2.05, 4.69) is 10.6 Å². The van der Waals surface area contributed by atoms with Gasteiger partial charge in [0.2, 0.25) is 5.91 Å². The molecule has 1 fully saturated rings. The number of nitrogens with zero attached hydrogens (tertiary/aromatic N) is 1. The number of halogens is 1. The molecule has 2 aromatic carbocycles.